The van der Waals surface area contributed by atoms with Crippen LogP contribution in [0.25, 0.3) is 0 Å². The highest BCUT2D eigenvalue weighted by Crippen LogP contribution is 2.33. The molecule has 0 bridgehead atoms. The number of aromatic nitrogens is 1. The Morgan fingerprint density at radius 3 is 2.82 bits per heavy atom. The van der Waals surface area contributed by atoms with Crippen molar-refractivity contribution in [3.05, 3.63) is 22.3 Å². The van der Waals surface area contributed by atoms with Crippen molar-refractivity contribution in [2.24, 2.45) is 0 Å². The quantitative estimate of drug-likeness (QED) is 0.759. The van der Waals surface area contributed by atoms with Crippen LogP contribution >= 0.6 is 27.5 Å². The van der Waals surface area contributed by atoms with Gasteiger partial charge in [0.15, 0.2) is 0 Å². The van der Waals surface area contributed by atoms with Gasteiger partial charge in [0, 0.05) is 24.7 Å². The normalized spacial score (nSPS) is 15.7. The van der Waals surface area contributed by atoms with E-state index in [1.54, 1.807) is 0 Å². The van der Waals surface area contributed by atoms with E-state index in [0.29, 0.717) is 11.9 Å². The van der Waals surface area contributed by atoms with E-state index < -0.39 is 0 Å². The van der Waals surface area contributed by atoms with Crippen LogP contribution in [0.1, 0.15) is 31.2 Å². The molecule has 0 aromatic carbocycles. The molecule has 0 atom stereocenters. The minimum absolute atomic E-state index is 0.657. The summed E-state index contributed by atoms with van der Waals surface area (Å²) in [7, 11) is 0. The molecule has 1 heterocycles. The molecule has 0 radical (unpaired) electrons. The third-order valence-electron chi connectivity index (χ3n) is 3.28. The molecule has 0 unspecified atom stereocenters. The van der Waals surface area contributed by atoms with E-state index in [1.165, 1.54) is 24.8 Å². The van der Waals surface area contributed by atoms with Crippen LogP contribution in [-0.4, -0.2) is 23.5 Å². The Morgan fingerprint density at radius 2 is 2.29 bits per heavy atom. The summed E-state index contributed by atoms with van der Waals surface area (Å²) in [6.07, 6.45) is 6.85. The number of anilines is 1. The summed E-state index contributed by atoms with van der Waals surface area (Å²) in [6.45, 7) is 3.07. The van der Waals surface area contributed by atoms with Crippen LogP contribution in [-0.2, 0) is 0 Å². The van der Waals surface area contributed by atoms with Crippen LogP contribution in [0, 0.1) is 6.92 Å². The van der Waals surface area contributed by atoms with E-state index in [0.717, 1.165) is 23.3 Å². The lowest BCUT2D eigenvalue weighted by Gasteiger charge is -2.39. The fraction of sp³-hybridized carbons (Fsp3) is 0.615. The van der Waals surface area contributed by atoms with Gasteiger partial charge in [0.1, 0.15) is 5.82 Å². The molecule has 17 heavy (non-hydrogen) atoms. The number of rotatable bonds is 5. The van der Waals surface area contributed by atoms with Crippen LogP contribution < -0.4 is 4.90 Å². The van der Waals surface area contributed by atoms with Gasteiger partial charge in [0.05, 0.1) is 4.47 Å². The molecule has 0 amide bonds. The summed E-state index contributed by atoms with van der Waals surface area (Å²) in [5.74, 6) is 1.79. The lowest BCUT2D eigenvalue weighted by atomic mass is 9.91. The average Bonchev–Trinajstić information content (AvgIpc) is 2.22. The zero-order valence-electron chi connectivity index (χ0n) is 10.1. The molecule has 1 fully saturated rings. The molecule has 0 aliphatic heterocycles. The molecule has 0 spiro atoms. The Hall–Kier alpha value is -0.280. The first-order valence-electron chi connectivity index (χ1n) is 6.17. The van der Waals surface area contributed by atoms with Crippen molar-refractivity contribution in [2.45, 2.75) is 38.6 Å². The number of hydrogen-bond donors (Lipinski definition) is 0. The molecule has 0 saturated heterocycles. The molecule has 1 aliphatic rings. The molecule has 1 aromatic rings. The molecular formula is C13H18BrClN2. The fourth-order valence-corrected chi connectivity index (χ4v) is 2.94. The van der Waals surface area contributed by atoms with Gasteiger partial charge < -0.3 is 4.90 Å². The standard InChI is InChI=1S/C13H18BrClN2/c1-10-8-12(14)13(16-9-10)17(7-3-6-15)11-4-2-5-11/h8-9,11H,2-7H2,1H3. The molecular weight excluding hydrogens is 300 g/mol. The lowest BCUT2D eigenvalue weighted by Crippen LogP contribution is -2.41. The highest BCUT2D eigenvalue weighted by Gasteiger charge is 2.26. The van der Waals surface area contributed by atoms with Gasteiger partial charge in [-0.3, -0.25) is 0 Å². The zero-order valence-corrected chi connectivity index (χ0v) is 12.5. The fourth-order valence-electron chi connectivity index (χ4n) is 2.13. The topological polar surface area (TPSA) is 16.1 Å². The van der Waals surface area contributed by atoms with Crippen molar-refractivity contribution < 1.29 is 0 Å². The SMILES string of the molecule is Cc1cnc(N(CCCCl)C2CCC2)c(Br)c1. The lowest BCUT2D eigenvalue weighted by molar-refractivity contribution is 0.383. The maximum Gasteiger partial charge on any atom is 0.143 e. The predicted octanol–water partition coefficient (Wildman–Crippen LogP) is 4.14. The van der Waals surface area contributed by atoms with E-state index in [4.69, 9.17) is 11.6 Å². The zero-order chi connectivity index (χ0) is 12.3. The largest absolute Gasteiger partial charge is 0.353 e. The van der Waals surface area contributed by atoms with Crippen molar-refractivity contribution in [1.82, 2.24) is 4.98 Å². The van der Waals surface area contributed by atoms with Gasteiger partial charge in [0.25, 0.3) is 0 Å². The molecule has 0 N–H and O–H groups in total. The minimum Gasteiger partial charge on any atom is -0.353 e. The maximum absolute atomic E-state index is 5.81. The Labute approximate surface area is 116 Å². The van der Waals surface area contributed by atoms with Crippen LogP contribution in [0.2, 0.25) is 0 Å². The summed E-state index contributed by atoms with van der Waals surface area (Å²) >= 11 is 9.43. The summed E-state index contributed by atoms with van der Waals surface area (Å²) in [6, 6.07) is 2.79. The van der Waals surface area contributed by atoms with Crippen molar-refractivity contribution in [2.75, 3.05) is 17.3 Å². The molecule has 1 aliphatic carbocycles. The molecule has 4 heteroatoms. The van der Waals surface area contributed by atoms with E-state index >= 15 is 0 Å². The van der Waals surface area contributed by atoms with Crippen molar-refractivity contribution in [3.8, 4) is 0 Å². The van der Waals surface area contributed by atoms with E-state index in [9.17, 15) is 0 Å². The number of aryl methyl sites for hydroxylation is 1. The van der Waals surface area contributed by atoms with Gasteiger partial charge in [-0.05, 0) is 60.2 Å². The third-order valence-corrected chi connectivity index (χ3v) is 4.13. The monoisotopic (exact) mass is 316 g/mol. The van der Waals surface area contributed by atoms with Crippen molar-refractivity contribution in [3.63, 3.8) is 0 Å². The molecule has 1 aromatic heterocycles. The summed E-state index contributed by atoms with van der Waals surface area (Å²) < 4.78 is 1.10. The highest BCUT2D eigenvalue weighted by atomic mass is 79.9. The summed E-state index contributed by atoms with van der Waals surface area (Å²) in [5.41, 5.74) is 1.19. The maximum atomic E-state index is 5.81. The van der Waals surface area contributed by atoms with Crippen LogP contribution in [0.5, 0.6) is 0 Å². The summed E-state index contributed by atoms with van der Waals surface area (Å²) in [4.78, 5) is 6.98. The van der Waals surface area contributed by atoms with Gasteiger partial charge in [-0.2, -0.15) is 0 Å². The predicted molar refractivity (Wildman–Crippen MR) is 77.0 cm³/mol. The molecule has 1 saturated carbocycles. The van der Waals surface area contributed by atoms with Crippen LogP contribution in [0.3, 0.4) is 0 Å². The van der Waals surface area contributed by atoms with E-state index in [2.05, 4.69) is 38.8 Å². The highest BCUT2D eigenvalue weighted by molar-refractivity contribution is 9.10. The Morgan fingerprint density at radius 1 is 1.53 bits per heavy atom. The first-order chi connectivity index (χ1) is 8.22. The second-order valence-corrected chi connectivity index (χ2v) is 5.87. The molecule has 2 rings (SSSR count). The Bertz CT molecular complexity index is 380. The minimum atomic E-state index is 0.657. The second-order valence-electron chi connectivity index (χ2n) is 4.64. The number of pyridine rings is 1. The van der Waals surface area contributed by atoms with Crippen molar-refractivity contribution in [1.29, 1.82) is 0 Å². The third kappa shape index (κ3) is 3.14. The number of alkyl halides is 1. The molecule has 94 valence electrons. The first-order valence-corrected chi connectivity index (χ1v) is 7.50. The van der Waals surface area contributed by atoms with E-state index in [1.807, 2.05) is 6.20 Å². The Balaban J connectivity index is 2.17. The second kappa shape index (κ2) is 6.05. The Kier molecular flexibility index (Phi) is 4.69. The smallest absolute Gasteiger partial charge is 0.143 e. The number of halogens is 2. The van der Waals surface area contributed by atoms with Gasteiger partial charge in [-0.1, -0.05) is 0 Å². The van der Waals surface area contributed by atoms with Crippen LogP contribution in [0.4, 0.5) is 5.82 Å². The van der Waals surface area contributed by atoms with Gasteiger partial charge in [-0.25, -0.2) is 4.98 Å². The van der Waals surface area contributed by atoms with Crippen LogP contribution in [0.15, 0.2) is 16.7 Å². The number of nitrogens with zero attached hydrogens (tertiary/aromatic N) is 2. The summed E-state index contributed by atoms with van der Waals surface area (Å²) in [5, 5.41) is 0. The van der Waals surface area contributed by atoms with Gasteiger partial charge >= 0.3 is 0 Å². The molecule has 2 nitrogen and oxygen atoms in total. The van der Waals surface area contributed by atoms with Crippen molar-refractivity contribution >= 4 is 33.3 Å². The van der Waals surface area contributed by atoms with E-state index in [-0.39, 0.29) is 0 Å². The first kappa shape index (κ1) is 13.2. The van der Waals surface area contributed by atoms with Gasteiger partial charge in [0.2, 0.25) is 0 Å². The average molecular weight is 318 g/mol. The number of hydrogen-bond acceptors (Lipinski definition) is 2. The van der Waals surface area contributed by atoms with Gasteiger partial charge in [-0.15, -0.1) is 11.6 Å².